The number of nitrogens with one attached hydrogen (secondary N) is 2. The zero-order valence-corrected chi connectivity index (χ0v) is 15.2. The third kappa shape index (κ3) is 4.27. The number of amides is 1. The van der Waals surface area contributed by atoms with Crippen molar-refractivity contribution in [1.82, 2.24) is 25.3 Å². The minimum atomic E-state index is 0.101. The lowest BCUT2D eigenvalue weighted by molar-refractivity contribution is -0.126. The quantitative estimate of drug-likeness (QED) is 0.754. The molecule has 1 saturated heterocycles. The molecule has 0 spiro atoms. The highest BCUT2D eigenvalue weighted by atomic mass is 16.1. The van der Waals surface area contributed by atoms with Crippen molar-refractivity contribution in [3.8, 4) is 0 Å². The van der Waals surface area contributed by atoms with Crippen LogP contribution in [0.4, 0.5) is 5.82 Å². The predicted molar refractivity (Wildman–Crippen MR) is 98.4 cm³/mol. The van der Waals surface area contributed by atoms with Gasteiger partial charge in [-0.1, -0.05) is 26.2 Å². The third-order valence-corrected chi connectivity index (χ3v) is 5.00. The van der Waals surface area contributed by atoms with E-state index in [4.69, 9.17) is 0 Å². The van der Waals surface area contributed by atoms with Crippen LogP contribution in [0.5, 0.6) is 0 Å². The van der Waals surface area contributed by atoms with E-state index in [1.165, 1.54) is 19.3 Å². The fourth-order valence-corrected chi connectivity index (χ4v) is 3.48. The Morgan fingerprint density at radius 2 is 2.12 bits per heavy atom. The number of piperidine rings is 1. The third-order valence-electron chi connectivity index (χ3n) is 5.00. The topological polar surface area (TPSA) is 86.8 Å². The van der Waals surface area contributed by atoms with Crippen LogP contribution in [0.3, 0.4) is 0 Å². The fraction of sp³-hybridized carbons (Fsp3) is 0.667. The second-order valence-corrected chi connectivity index (χ2v) is 6.97. The molecule has 3 heterocycles. The summed E-state index contributed by atoms with van der Waals surface area (Å²) < 4.78 is 0. The first-order chi connectivity index (χ1) is 12.2. The molecule has 0 radical (unpaired) electrons. The van der Waals surface area contributed by atoms with Gasteiger partial charge < -0.3 is 15.2 Å². The zero-order valence-electron chi connectivity index (χ0n) is 15.2. The van der Waals surface area contributed by atoms with Gasteiger partial charge in [-0.2, -0.15) is 0 Å². The molecule has 2 N–H and O–H groups in total. The Morgan fingerprint density at radius 3 is 2.88 bits per heavy atom. The number of nitrogens with zero attached hydrogens (tertiary/aromatic N) is 4. The average molecular weight is 344 g/mol. The number of rotatable bonds is 7. The van der Waals surface area contributed by atoms with E-state index in [-0.39, 0.29) is 17.9 Å². The first kappa shape index (κ1) is 17.6. The van der Waals surface area contributed by atoms with Crippen LogP contribution < -0.4 is 10.2 Å². The molecule has 1 aliphatic rings. The van der Waals surface area contributed by atoms with Crippen molar-refractivity contribution in [2.75, 3.05) is 18.0 Å². The normalized spacial score (nSPS) is 17.0. The molecule has 1 amide bonds. The molecule has 1 aliphatic heterocycles. The van der Waals surface area contributed by atoms with Crippen molar-refractivity contribution >= 4 is 22.9 Å². The molecule has 0 unspecified atom stereocenters. The summed E-state index contributed by atoms with van der Waals surface area (Å²) in [4.78, 5) is 30.6. The first-order valence-corrected chi connectivity index (χ1v) is 9.38. The maximum atomic E-state index is 12.5. The number of aromatic nitrogens is 4. The number of hydrogen-bond acceptors (Lipinski definition) is 5. The summed E-state index contributed by atoms with van der Waals surface area (Å²) in [5.74, 6) is 1.19. The lowest BCUT2D eigenvalue weighted by Gasteiger charge is -2.32. The summed E-state index contributed by atoms with van der Waals surface area (Å²) in [5.41, 5.74) is 1.56. The van der Waals surface area contributed by atoms with E-state index in [1.807, 2.05) is 0 Å². The van der Waals surface area contributed by atoms with Gasteiger partial charge in [0.1, 0.15) is 11.8 Å². The molecule has 3 rings (SSSR count). The number of carbonyl (C=O) groups is 1. The Kier molecular flexibility index (Phi) is 5.83. The minimum Gasteiger partial charge on any atom is -0.355 e. The molecule has 2 aromatic heterocycles. The maximum Gasteiger partial charge on any atom is 0.223 e. The Balaban J connectivity index is 1.51. The number of fused-ring (bicyclic) bond motifs is 1. The van der Waals surface area contributed by atoms with Crippen LogP contribution in [0, 0.1) is 5.92 Å². The van der Waals surface area contributed by atoms with E-state index >= 15 is 0 Å². The van der Waals surface area contributed by atoms with Crippen LogP contribution >= 0.6 is 0 Å². The van der Waals surface area contributed by atoms with Crippen LogP contribution in [0.2, 0.25) is 0 Å². The van der Waals surface area contributed by atoms with Gasteiger partial charge in [-0.15, -0.1) is 0 Å². The van der Waals surface area contributed by atoms with E-state index in [1.54, 1.807) is 12.7 Å². The summed E-state index contributed by atoms with van der Waals surface area (Å²) in [5, 5.41) is 3.19. The SMILES string of the molecule is CCCCC[C@@H](C)NC(=O)C1CCN(c2ncnc3nc[nH]c23)CC1. The highest BCUT2D eigenvalue weighted by Gasteiger charge is 2.27. The predicted octanol–water partition coefficient (Wildman–Crippen LogP) is 2.65. The van der Waals surface area contributed by atoms with E-state index in [9.17, 15) is 4.79 Å². The Labute approximate surface area is 148 Å². The standard InChI is InChI=1S/C18H28N6O/c1-3-4-5-6-13(2)23-18(25)14-7-9-24(10-8-14)17-15-16(20-11-19-15)21-12-22-17/h11-14H,3-10H2,1-2H3,(H,23,25)(H,19,20,21,22)/t13-/m1/s1. The molecule has 7 nitrogen and oxygen atoms in total. The number of unbranched alkanes of at least 4 members (excludes halogenated alkanes) is 2. The van der Waals surface area contributed by atoms with E-state index < -0.39 is 0 Å². The van der Waals surface area contributed by atoms with Gasteiger partial charge in [0.15, 0.2) is 11.5 Å². The number of imidazole rings is 1. The van der Waals surface area contributed by atoms with Crippen LogP contribution in [0.15, 0.2) is 12.7 Å². The molecule has 0 aliphatic carbocycles. The molecule has 0 bridgehead atoms. The summed E-state index contributed by atoms with van der Waals surface area (Å²) in [7, 11) is 0. The minimum absolute atomic E-state index is 0.101. The average Bonchev–Trinajstić information content (AvgIpc) is 3.11. The Morgan fingerprint density at radius 1 is 1.32 bits per heavy atom. The van der Waals surface area contributed by atoms with Crippen LogP contribution in [-0.2, 0) is 4.79 Å². The summed E-state index contributed by atoms with van der Waals surface area (Å²) in [6.07, 6.45) is 9.60. The molecule has 1 atom stereocenters. The second-order valence-electron chi connectivity index (χ2n) is 6.97. The van der Waals surface area contributed by atoms with Gasteiger partial charge >= 0.3 is 0 Å². The highest BCUT2D eigenvalue weighted by Crippen LogP contribution is 2.25. The van der Waals surface area contributed by atoms with Gasteiger partial charge in [0, 0.05) is 25.0 Å². The van der Waals surface area contributed by atoms with Crippen LogP contribution in [0.25, 0.3) is 11.2 Å². The largest absolute Gasteiger partial charge is 0.355 e. The molecule has 0 saturated carbocycles. The van der Waals surface area contributed by atoms with Crippen LogP contribution in [-0.4, -0.2) is 45.0 Å². The van der Waals surface area contributed by atoms with Gasteiger partial charge in [-0.05, 0) is 26.2 Å². The zero-order chi connectivity index (χ0) is 17.6. The van der Waals surface area contributed by atoms with Gasteiger partial charge in [-0.25, -0.2) is 15.0 Å². The molecule has 0 aromatic carbocycles. The molecule has 25 heavy (non-hydrogen) atoms. The number of hydrogen-bond donors (Lipinski definition) is 2. The van der Waals surface area contributed by atoms with Crippen molar-refractivity contribution in [2.24, 2.45) is 5.92 Å². The van der Waals surface area contributed by atoms with Crippen molar-refractivity contribution in [3.63, 3.8) is 0 Å². The van der Waals surface area contributed by atoms with Crippen LogP contribution in [0.1, 0.15) is 52.4 Å². The number of aromatic amines is 1. The van der Waals surface area contributed by atoms with Crippen molar-refractivity contribution in [3.05, 3.63) is 12.7 Å². The molecular weight excluding hydrogens is 316 g/mol. The maximum absolute atomic E-state index is 12.5. The van der Waals surface area contributed by atoms with E-state index in [0.717, 1.165) is 43.7 Å². The Bertz CT molecular complexity index is 692. The molecule has 136 valence electrons. The lowest BCUT2D eigenvalue weighted by atomic mass is 9.95. The van der Waals surface area contributed by atoms with Crippen molar-refractivity contribution < 1.29 is 4.79 Å². The molecule has 7 heteroatoms. The summed E-state index contributed by atoms with van der Waals surface area (Å²) in [6, 6.07) is 0.267. The van der Waals surface area contributed by atoms with Crippen molar-refractivity contribution in [1.29, 1.82) is 0 Å². The van der Waals surface area contributed by atoms with Gasteiger partial charge in [0.05, 0.1) is 6.33 Å². The molecule has 1 fully saturated rings. The van der Waals surface area contributed by atoms with Gasteiger partial charge in [-0.3, -0.25) is 4.79 Å². The van der Waals surface area contributed by atoms with E-state index in [2.05, 4.69) is 44.0 Å². The fourth-order valence-electron chi connectivity index (χ4n) is 3.48. The first-order valence-electron chi connectivity index (χ1n) is 9.38. The molecular formula is C18H28N6O. The van der Waals surface area contributed by atoms with Gasteiger partial charge in [0.2, 0.25) is 5.91 Å². The van der Waals surface area contributed by atoms with Gasteiger partial charge in [0.25, 0.3) is 0 Å². The van der Waals surface area contributed by atoms with Crippen molar-refractivity contribution in [2.45, 2.75) is 58.4 Å². The van der Waals surface area contributed by atoms with E-state index in [0.29, 0.717) is 5.65 Å². The smallest absolute Gasteiger partial charge is 0.223 e. The summed E-state index contributed by atoms with van der Waals surface area (Å²) in [6.45, 7) is 5.96. The highest BCUT2D eigenvalue weighted by molar-refractivity contribution is 5.83. The second kappa shape index (κ2) is 8.27. The number of anilines is 1. The lowest BCUT2D eigenvalue weighted by Crippen LogP contribution is -2.43. The summed E-state index contributed by atoms with van der Waals surface area (Å²) >= 11 is 0. The number of carbonyl (C=O) groups excluding carboxylic acids is 1. The Hall–Kier alpha value is -2.18. The number of H-pyrrole nitrogens is 1. The molecule has 2 aromatic rings. The monoisotopic (exact) mass is 344 g/mol.